The summed E-state index contributed by atoms with van der Waals surface area (Å²) in [6.07, 6.45) is -4.26. The molecular weight excluding hydrogens is 339 g/mol. The molecule has 1 amide bonds. The number of carbonyl (C=O) groups excluding carboxylic acids is 1. The number of nitrogens with zero attached hydrogens (tertiary/aromatic N) is 3. The van der Waals surface area contributed by atoms with E-state index < -0.39 is 23.4 Å². The average molecular weight is 361 g/mol. The lowest BCUT2D eigenvalue weighted by atomic mass is 10.1. The van der Waals surface area contributed by atoms with Crippen molar-refractivity contribution >= 4 is 17.9 Å². The van der Waals surface area contributed by atoms with Gasteiger partial charge in [0, 0.05) is 25.7 Å². The van der Waals surface area contributed by atoms with Gasteiger partial charge in [-0.15, -0.1) is 0 Å². The van der Waals surface area contributed by atoms with E-state index >= 15 is 0 Å². The third kappa shape index (κ3) is 5.64. The number of likely N-dealkylation sites (tertiary alicyclic amines) is 1. The van der Waals surface area contributed by atoms with Crippen molar-refractivity contribution in [2.24, 2.45) is 5.92 Å². The van der Waals surface area contributed by atoms with Crippen LogP contribution in [-0.4, -0.2) is 46.2 Å². The number of nitrogens with one attached hydrogen (secondary N) is 1. The number of ether oxygens (including phenoxy) is 1. The third-order valence-corrected chi connectivity index (χ3v) is 3.54. The van der Waals surface area contributed by atoms with E-state index in [1.165, 1.54) is 0 Å². The highest BCUT2D eigenvalue weighted by atomic mass is 19.4. The molecule has 140 valence electrons. The van der Waals surface area contributed by atoms with Crippen molar-refractivity contribution in [3.05, 3.63) is 11.8 Å². The van der Waals surface area contributed by atoms with Crippen LogP contribution in [0.3, 0.4) is 0 Å². The minimum absolute atomic E-state index is 0.00976. The van der Waals surface area contributed by atoms with Crippen LogP contribution in [0.5, 0.6) is 0 Å². The second-order valence-electron chi connectivity index (χ2n) is 6.96. The van der Waals surface area contributed by atoms with Crippen LogP contribution in [-0.2, 0) is 10.9 Å². The van der Waals surface area contributed by atoms with Gasteiger partial charge in [0.2, 0.25) is 5.95 Å². The number of amides is 1. The fourth-order valence-electron chi connectivity index (χ4n) is 2.44. The first-order valence-corrected chi connectivity index (χ1v) is 7.87. The maximum absolute atomic E-state index is 12.7. The van der Waals surface area contributed by atoms with Crippen LogP contribution in [0, 0.1) is 5.92 Å². The third-order valence-electron chi connectivity index (χ3n) is 3.54. The van der Waals surface area contributed by atoms with Gasteiger partial charge in [-0.05, 0) is 33.1 Å². The van der Waals surface area contributed by atoms with Gasteiger partial charge in [-0.3, -0.25) is 0 Å². The topological polar surface area (TPSA) is 93.4 Å². The summed E-state index contributed by atoms with van der Waals surface area (Å²) in [5.74, 6) is -0.354. The second-order valence-corrected chi connectivity index (χ2v) is 6.96. The first kappa shape index (κ1) is 19.1. The lowest BCUT2D eigenvalue weighted by Crippen LogP contribution is -2.35. The normalized spacial score (nSPS) is 18.3. The molecule has 0 aromatic carbocycles. The van der Waals surface area contributed by atoms with Crippen molar-refractivity contribution in [3.8, 4) is 0 Å². The Morgan fingerprint density at radius 3 is 2.68 bits per heavy atom. The molecule has 0 bridgehead atoms. The van der Waals surface area contributed by atoms with Crippen LogP contribution in [0.15, 0.2) is 6.07 Å². The zero-order valence-corrected chi connectivity index (χ0v) is 14.4. The standard InChI is InChI=1S/C15H22F3N5O2/c1-14(2,3)25-13(24)23-5-4-9(8-23)7-20-11-6-10(15(16,17)18)21-12(19)22-11/h6,9H,4-5,7-8H2,1-3H3,(H3,19,20,21,22). The molecule has 2 rings (SSSR count). The number of nitrogen functional groups attached to an aromatic ring is 1. The molecular formula is C15H22F3N5O2. The number of hydrogen-bond acceptors (Lipinski definition) is 6. The van der Waals surface area contributed by atoms with Gasteiger partial charge in [0.15, 0.2) is 5.69 Å². The van der Waals surface area contributed by atoms with Crippen LogP contribution >= 0.6 is 0 Å². The van der Waals surface area contributed by atoms with Gasteiger partial charge in [0.1, 0.15) is 11.4 Å². The van der Waals surface area contributed by atoms with Crippen LogP contribution in [0.2, 0.25) is 0 Å². The Labute approximate surface area is 143 Å². The maximum Gasteiger partial charge on any atom is 0.433 e. The average Bonchev–Trinajstić information content (AvgIpc) is 2.91. The molecule has 3 N–H and O–H groups in total. The number of alkyl halides is 3. The highest BCUT2D eigenvalue weighted by Gasteiger charge is 2.34. The Morgan fingerprint density at radius 1 is 1.40 bits per heavy atom. The van der Waals surface area contributed by atoms with Crippen LogP contribution in [0.4, 0.5) is 29.7 Å². The van der Waals surface area contributed by atoms with Crippen LogP contribution < -0.4 is 11.1 Å². The number of halogens is 3. The van der Waals surface area contributed by atoms with E-state index in [1.54, 1.807) is 25.7 Å². The summed E-state index contributed by atoms with van der Waals surface area (Å²) >= 11 is 0. The lowest BCUT2D eigenvalue weighted by molar-refractivity contribution is -0.141. The SMILES string of the molecule is CC(C)(C)OC(=O)N1CCC(CNc2cc(C(F)(F)F)nc(N)n2)C1. The molecule has 0 radical (unpaired) electrons. The van der Waals surface area contributed by atoms with Crippen molar-refractivity contribution in [2.45, 2.75) is 39.0 Å². The molecule has 1 unspecified atom stereocenters. The molecule has 1 saturated heterocycles. The fourth-order valence-corrected chi connectivity index (χ4v) is 2.44. The van der Waals surface area contributed by atoms with E-state index in [2.05, 4.69) is 15.3 Å². The molecule has 0 aliphatic carbocycles. The Balaban J connectivity index is 1.91. The summed E-state index contributed by atoms with van der Waals surface area (Å²) in [5.41, 5.74) is 3.67. The second kappa shape index (κ2) is 6.93. The molecule has 2 heterocycles. The summed E-state index contributed by atoms with van der Waals surface area (Å²) in [6, 6.07) is 0.816. The molecule has 1 aliphatic heterocycles. The van der Waals surface area contributed by atoms with Gasteiger partial charge in [-0.2, -0.15) is 18.2 Å². The van der Waals surface area contributed by atoms with Gasteiger partial charge in [-0.1, -0.05) is 0 Å². The molecule has 0 saturated carbocycles. The van der Waals surface area contributed by atoms with Crippen LogP contribution in [0.25, 0.3) is 0 Å². The van der Waals surface area contributed by atoms with Gasteiger partial charge < -0.3 is 20.7 Å². The summed E-state index contributed by atoms with van der Waals surface area (Å²) in [4.78, 5) is 20.5. The molecule has 1 aliphatic rings. The smallest absolute Gasteiger partial charge is 0.433 e. The number of rotatable bonds is 3. The number of aromatic nitrogens is 2. The number of hydrogen-bond donors (Lipinski definition) is 2. The summed E-state index contributed by atoms with van der Waals surface area (Å²) in [5, 5.41) is 2.84. The highest BCUT2D eigenvalue weighted by Crippen LogP contribution is 2.29. The van der Waals surface area contributed by atoms with Crippen molar-refractivity contribution in [3.63, 3.8) is 0 Å². The molecule has 0 spiro atoms. The molecule has 1 aromatic heterocycles. The van der Waals surface area contributed by atoms with Gasteiger partial charge in [0.05, 0.1) is 0 Å². The first-order chi connectivity index (χ1) is 11.4. The monoisotopic (exact) mass is 361 g/mol. The molecule has 10 heteroatoms. The fraction of sp³-hybridized carbons (Fsp3) is 0.667. The minimum atomic E-state index is -4.59. The highest BCUT2D eigenvalue weighted by molar-refractivity contribution is 5.68. The number of anilines is 2. The predicted octanol–water partition coefficient (Wildman–Crippen LogP) is 2.75. The number of nitrogens with two attached hydrogens (primary N) is 1. The lowest BCUT2D eigenvalue weighted by Gasteiger charge is -2.24. The quantitative estimate of drug-likeness (QED) is 0.860. The van der Waals surface area contributed by atoms with Crippen LogP contribution in [0.1, 0.15) is 32.9 Å². The van der Waals surface area contributed by atoms with Crippen molar-refractivity contribution in [1.29, 1.82) is 0 Å². The first-order valence-electron chi connectivity index (χ1n) is 7.87. The van der Waals surface area contributed by atoms with Gasteiger partial charge >= 0.3 is 12.3 Å². The Morgan fingerprint density at radius 2 is 2.08 bits per heavy atom. The molecule has 1 fully saturated rings. The minimum Gasteiger partial charge on any atom is -0.444 e. The van der Waals surface area contributed by atoms with E-state index in [9.17, 15) is 18.0 Å². The summed E-state index contributed by atoms with van der Waals surface area (Å²) in [7, 11) is 0. The summed E-state index contributed by atoms with van der Waals surface area (Å²) < 4.78 is 43.5. The Bertz CT molecular complexity index is 631. The molecule has 25 heavy (non-hydrogen) atoms. The van der Waals surface area contributed by atoms with Gasteiger partial charge in [-0.25, -0.2) is 9.78 Å². The molecule has 1 atom stereocenters. The Kier molecular flexibility index (Phi) is 5.28. The van der Waals surface area contributed by atoms with E-state index in [-0.39, 0.29) is 17.8 Å². The largest absolute Gasteiger partial charge is 0.444 e. The van der Waals surface area contributed by atoms with E-state index in [4.69, 9.17) is 10.5 Å². The van der Waals surface area contributed by atoms with E-state index in [1.807, 2.05) is 0 Å². The maximum atomic E-state index is 12.7. The van der Waals surface area contributed by atoms with Crippen molar-refractivity contribution < 1.29 is 22.7 Å². The zero-order chi connectivity index (χ0) is 18.8. The Hall–Kier alpha value is -2.26. The predicted molar refractivity (Wildman–Crippen MR) is 85.9 cm³/mol. The molecule has 7 nitrogen and oxygen atoms in total. The number of carbonyl (C=O) groups is 1. The van der Waals surface area contributed by atoms with Crippen molar-refractivity contribution in [1.82, 2.24) is 14.9 Å². The van der Waals surface area contributed by atoms with E-state index in [0.717, 1.165) is 12.5 Å². The van der Waals surface area contributed by atoms with Gasteiger partial charge in [0.25, 0.3) is 0 Å². The zero-order valence-electron chi connectivity index (χ0n) is 14.4. The van der Waals surface area contributed by atoms with Crippen molar-refractivity contribution in [2.75, 3.05) is 30.7 Å². The van der Waals surface area contributed by atoms with E-state index in [0.29, 0.717) is 19.6 Å². The molecule has 1 aromatic rings. The summed E-state index contributed by atoms with van der Waals surface area (Å²) in [6.45, 7) is 6.75.